The zero-order valence-electron chi connectivity index (χ0n) is 13.4. The van der Waals surface area contributed by atoms with Crippen molar-refractivity contribution in [1.29, 1.82) is 0 Å². The summed E-state index contributed by atoms with van der Waals surface area (Å²) in [5.74, 6) is 0.853. The van der Waals surface area contributed by atoms with Crippen LogP contribution in [0.15, 0.2) is 48.5 Å². The van der Waals surface area contributed by atoms with Gasteiger partial charge < -0.3 is 10.1 Å². The number of carbonyl (C=O) groups is 1. The second-order valence-corrected chi connectivity index (χ2v) is 5.41. The quantitative estimate of drug-likeness (QED) is 0.883. The number of hydrogen-bond acceptors (Lipinski definition) is 2. The lowest BCUT2D eigenvalue weighted by molar-refractivity contribution is -0.121. The van der Waals surface area contributed by atoms with Gasteiger partial charge in [-0.3, -0.25) is 4.79 Å². The van der Waals surface area contributed by atoms with Gasteiger partial charge in [-0.25, -0.2) is 0 Å². The molecule has 1 amide bonds. The van der Waals surface area contributed by atoms with E-state index in [0.29, 0.717) is 6.42 Å². The van der Waals surface area contributed by atoms with Crippen LogP contribution in [0.5, 0.6) is 5.75 Å². The molecule has 1 atom stereocenters. The van der Waals surface area contributed by atoms with E-state index in [1.807, 2.05) is 43.3 Å². The molecule has 3 heteroatoms. The molecule has 22 heavy (non-hydrogen) atoms. The summed E-state index contributed by atoms with van der Waals surface area (Å²) in [6.07, 6.45) is 1.42. The van der Waals surface area contributed by atoms with Crippen LogP contribution >= 0.6 is 0 Å². The molecule has 0 aliphatic heterocycles. The Morgan fingerprint density at radius 1 is 1.05 bits per heavy atom. The number of aryl methyl sites for hydroxylation is 1. The summed E-state index contributed by atoms with van der Waals surface area (Å²) in [5, 5.41) is 3.03. The van der Waals surface area contributed by atoms with E-state index < -0.39 is 0 Å². The average molecular weight is 297 g/mol. The topological polar surface area (TPSA) is 38.3 Å². The van der Waals surface area contributed by atoms with Gasteiger partial charge >= 0.3 is 0 Å². The minimum Gasteiger partial charge on any atom is -0.497 e. The minimum atomic E-state index is -0.0201. The third kappa shape index (κ3) is 4.35. The second-order valence-electron chi connectivity index (χ2n) is 5.41. The van der Waals surface area contributed by atoms with Crippen molar-refractivity contribution in [3.05, 3.63) is 65.2 Å². The van der Waals surface area contributed by atoms with Crippen LogP contribution in [-0.4, -0.2) is 13.0 Å². The van der Waals surface area contributed by atoms with E-state index in [-0.39, 0.29) is 11.9 Å². The molecule has 0 saturated heterocycles. The molecule has 0 spiro atoms. The molecule has 1 unspecified atom stereocenters. The Morgan fingerprint density at radius 3 is 2.18 bits per heavy atom. The van der Waals surface area contributed by atoms with Crippen molar-refractivity contribution in [1.82, 2.24) is 5.32 Å². The van der Waals surface area contributed by atoms with Gasteiger partial charge in [-0.1, -0.05) is 43.3 Å². The first-order chi connectivity index (χ1) is 10.6. The largest absolute Gasteiger partial charge is 0.497 e. The lowest BCUT2D eigenvalue weighted by Crippen LogP contribution is -2.28. The molecule has 0 fully saturated rings. The van der Waals surface area contributed by atoms with Gasteiger partial charge in [-0.05, 0) is 42.2 Å². The molecule has 0 saturated carbocycles. The van der Waals surface area contributed by atoms with Crippen molar-refractivity contribution in [2.24, 2.45) is 0 Å². The highest BCUT2D eigenvalue weighted by Crippen LogP contribution is 2.17. The van der Waals surface area contributed by atoms with E-state index in [1.165, 1.54) is 5.56 Å². The number of hydrogen-bond donors (Lipinski definition) is 1. The number of benzene rings is 2. The molecule has 0 bridgehead atoms. The standard InChI is InChI=1S/C19H23NO2/c1-4-15-5-7-16(8-6-15)13-19(21)20-14(2)17-9-11-18(22-3)12-10-17/h5-12,14H,4,13H2,1-3H3,(H,20,21). The number of ether oxygens (including phenoxy) is 1. The van der Waals surface area contributed by atoms with Crippen molar-refractivity contribution < 1.29 is 9.53 Å². The molecule has 0 radical (unpaired) electrons. The lowest BCUT2D eigenvalue weighted by Gasteiger charge is -2.15. The van der Waals surface area contributed by atoms with Gasteiger partial charge in [0.05, 0.1) is 19.6 Å². The van der Waals surface area contributed by atoms with Gasteiger partial charge in [-0.2, -0.15) is 0 Å². The van der Waals surface area contributed by atoms with Gasteiger partial charge in [0.1, 0.15) is 5.75 Å². The Bertz CT molecular complexity index is 602. The molecule has 2 rings (SSSR count). The first-order valence-electron chi connectivity index (χ1n) is 7.63. The summed E-state index contributed by atoms with van der Waals surface area (Å²) in [7, 11) is 1.64. The maximum absolute atomic E-state index is 12.1. The Hall–Kier alpha value is -2.29. The van der Waals surface area contributed by atoms with Gasteiger partial charge in [0.15, 0.2) is 0 Å². The van der Waals surface area contributed by atoms with E-state index >= 15 is 0 Å². The monoisotopic (exact) mass is 297 g/mol. The first kappa shape index (κ1) is 16.1. The van der Waals surface area contributed by atoms with Crippen molar-refractivity contribution >= 4 is 5.91 Å². The molecule has 2 aromatic carbocycles. The maximum atomic E-state index is 12.1. The summed E-state index contributed by atoms with van der Waals surface area (Å²) in [6.45, 7) is 4.11. The summed E-state index contributed by atoms with van der Waals surface area (Å²) in [5.41, 5.74) is 3.39. The van der Waals surface area contributed by atoms with Crippen LogP contribution in [-0.2, 0) is 17.6 Å². The molecular formula is C19H23NO2. The Morgan fingerprint density at radius 2 is 1.64 bits per heavy atom. The highest BCUT2D eigenvalue weighted by molar-refractivity contribution is 5.79. The SMILES string of the molecule is CCc1ccc(CC(=O)NC(C)c2ccc(OC)cc2)cc1. The molecule has 0 aliphatic rings. The number of carbonyl (C=O) groups excluding carboxylic acids is 1. The van der Waals surface area contributed by atoms with Crippen LogP contribution < -0.4 is 10.1 Å². The van der Waals surface area contributed by atoms with E-state index in [0.717, 1.165) is 23.3 Å². The molecule has 0 aliphatic carbocycles. The zero-order chi connectivity index (χ0) is 15.9. The van der Waals surface area contributed by atoms with Gasteiger partial charge in [-0.15, -0.1) is 0 Å². The number of rotatable bonds is 6. The Balaban J connectivity index is 1.92. The third-order valence-electron chi connectivity index (χ3n) is 3.79. The average Bonchev–Trinajstić information content (AvgIpc) is 2.55. The molecule has 116 valence electrons. The van der Waals surface area contributed by atoms with Crippen molar-refractivity contribution in [3.8, 4) is 5.75 Å². The first-order valence-corrected chi connectivity index (χ1v) is 7.63. The van der Waals surface area contributed by atoms with E-state index in [2.05, 4.69) is 24.4 Å². The fourth-order valence-electron chi connectivity index (χ4n) is 2.35. The van der Waals surface area contributed by atoms with E-state index in [9.17, 15) is 4.79 Å². The second kappa shape index (κ2) is 7.64. The van der Waals surface area contributed by atoms with Crippen LogP contribution in [0.3, 0.4) is 0 Å². The number of nitrogens with one attached hydrogen (secondary N) is 1. The zero-order valence-corrected chi connectivity index (χ0v) is 13.4. The van der Waals surface area contributed by atoms with Crippen LogP contribution in [0.2, 0.25) is 0 Å². The molecular weight excluding hydrogens is 274 g/mol. The van der Waals surface area contributed by atoms with Crippen LogP contribution in [0.25, 0.3) is 0 Å². The molecule has 3 nitrogen and oxygen atoms in total. The molecule has 2 aromatic rings. The van der Waals surface area contributed by atoms with Crippen LogP contribution in [0.4, 0.5) is 0 Å². The van der Waals surface area contributed by atoms with Crippen molar-refractivity contribution in [3.63, 3.8) is 0 Å². The molecule has 0 aromatic heterocycles. The molecule has 1 N–H and O–H groups in total. The lowest BCUT2D eigenvalue weighted by atomic mass is 10.1. The smallest absolute Gasteiger partial charge is 0.224 e. The third-order valence-corrected chi connectivity index (χ3v) is 3.79. The summed E-state index contributed by atoms with van der Waals surface area (Å²) < 4.78 is 5.14. The fourth-order valence-corrected chi connectivity index (χ4v) is 2.35. The van der Waals surface area contributed by atoms with Gasteiger partial charge in [0.25, 0.3) is 0 Å². The molecule has 0 heterocycles. The Kier molecular flexibility index (Phi) is 5.59. The maximum Gasteiger partial charge on any atom is 0.224 e. The Labute approximate surface area is 132 Å². The van der Waals surface area contributed by atoms with Crippen LogP contribution in [0.1, 0.15) is 36.6 Å². The highest BCUT2D eigenvalue weighted by Gasteiger charge is 2.10. The van der Waals surface area contributed by atoms with Crippen molar-refractivity contribution in [2.45, 2.75) is 32.7 Å². The van der Waals surface area contributed by atoms with Crippen molar-refractivity contribution in [2.75, 3.05) is 7.11 Å². The highest BCUT2D eigenvalue weighted by atomic mass is 16.5. The number of amides is 1. The summed E-state index contributed by atoms with van der Waals surface area (Å²) >= 11 is 0. The normalized spacial score (nSPS) is 11.8. The van der Waals surface area contributed by atoms with Gasteiger partial charge in [0, 0.05) is 0 Å². The van der Waals surface area contributed by atoms with Gasteiger partial charge in [0.2, 0.25) is 5.91 Å². The summed E-state index contributed by atoms with van der Waals surface area (Å²) in [6, 6.07) is 15.9. The van der Waals surface area contributed by atoms with E-state index in [1.54, 1.807) is 7.11 Å². The fraction of sp³-hybridized carbons (Fsp3) is 0.316. The predicted molar refractivity (Wildman–Crippen MR) is 89.1 cm³/mol. The number of methoxy groups -OCH3 is 1. The van der Waals surface area contributed by atoms with E-state index in [4.69, 9.17) is 4.74 Å². The predicted octanol–water partition coefficient (Wildman–Crippen LogP) is 3.68. The summed E-state index contributed by atoms with van der Waals surface area (Å²) in [4.78, 5) is 12.1. The van der Waals surface area contributed by atoms with Crippen LogP contribution in [0, 0.1) is 0 Å². The minimum absolute atomic E-state index is 0.0201.